The first-order valence-corrected chi connectivity index (χ1v) is 17.9. The molecule has 2 fully saturated rings. The van der Waals surface area contributed by atoms with Crippen LogP contribution in [0.3, 0.4) is 0 Å². The molecule has 2 aromatic carbocycles. The molecule has 2 aromatic heterocycles. The van der Waals surface area contributed by atoms with Gasteiger partial charge in [-0.2, -0.15) is 5.10 Å². The second-order valence-corrected chi connectivity index (χ2v) is 13.7. The minimum Gasteiger partial charge on any atom is -0.493 e. The predicted octanol–water partition coefficient (Wildman–Crippen LogP) is 5.06. The van der Waals surface area contributed by atoms with Crippen molar-refractivity contribution in [3.63, 3.8) is 0 Å². The normalized spacial score (nSPS) is 21.0. The van der Waals surface area contributed by atoms with E-state index in [1.54, 1.807) is 20.5 Å². The van der Waals surface area contributed by atoms with Gasteiger partial charge in [0.05, 0.1) is 43.2 Å². The maximum Gasteiger partial charge on any atom is 0.233 e. The van der Waals surface area contributed by atoms with E-state index in [9.17, 15) is 9.59 Å². The zero-order valence-electron chi connectivity index (χ0n) is 27.2. The molecular weight excluding hydrogens is 698 g/mol. The van der Waals surface area contributed by atoms with Crippen LogP contribution in [-0.4, -0.2) is 93.6 Å². The van der Waals surface area contributed by atoms with Gasteiger partial charge in [-0.05, 0) is 67.0 Å². The van der Waals surface area contributed by atoms with Gasteiger partial charge in [0.1, 0.15) is 12.1 Å². The molecule has 1 aliphatic carbocycles. The fourth-order valence-corrected chi connectivity index (χ4v) is 8.40. The summed E-state index contributed by atoms with van der Waals surface area (Å²) >= 11 is 9.82. The Balaban J connectivity index is 1.03. The molecule has 0 radical (unpaired) electrons. The van der Waals surface area contributed by atoms with E-state index >= 15 is 0 Å². The molecule has 4 heterocycles. The van der Waals surface area contributed by atoms with Gasteiger partial charge in [-0.25, -0.2) is 14.6 Å². The van der Waals surface area contributed by atoms with E-state index in [1.807, 2.05) is 51.0 Å². The summed E-state index contributed by atoms with van der Waals surface area (Å²) in [6.45, 7) is 3.74. The van der Waals surface area contributed by atoms with Crippen LogP contribution in [0.2, 0.25) is 5.02 Å². The molecule has 1 spiro atoms. The van der Waals surface area contributed by atoms with Crippen molar-refractivity contribution < 1.29 is 19.1 Å². The second kappa shape index (κ2) is 13.5. The maximum atomic E-state index is 13.9. The highest BCUT2D eigenvalue weighted by Gasteiger charge is 2.48. The summed E-state index contributed by atoms with van der Waals surface area (Å²) in [5.74, 6) is 2.38. The van der Waals surface area contributed by atoms with Crippen LogP contribution < -0.4 is 14.4 Å². The lowest BCUT2D eigenvalue weighted by atomic mass is 9.68. The Labute approximate surface area is 293 Å². The number of rotatable bonds is 7. The van der Waals surface area contributed by atoms with E-state index in [2.05, 4.69) is 42.0 Å². The van der Waals surface area contributed by atoms with Gasteiger partial charge in [0.25, 0.3) is 0 Å². The lowest BCUT2D eigenvalue weighted by Crippen LogP contribution is -2.56. The quantitative estimate of drug-likeness (QED) is 0.243. The van der Waals surface area contributed by atoms with E-state index in [4.69, 9.17) is 21.1 Å². The molecule has 1 saturated heterocycles. The van der Waals surface area contributed by atoms with Crippen molar-refractivity contribution in [3.8, 4) is 11.5 Å². The number of alkyl halides is 1. The predicted molar refractivity (Wildman–Crippen MR) is 187 cm³/mol. The van der Waals surface area contributed by atoms with Crippen LogP contribution >= 0.6 is 27.5 Å². The Bertz CT molecular complexity index is 1830. The van der Waals surface area contributed by atoms with E-state index in [0.717, 1.165) is 60.1 Å². The van der Waals surface area contributed by atoms with Crippen molar-refractivity contribution in [3.05, 3.63) is 70.6 Å². The van der Waals surface area contributed by atoms with Gasteiger partial charge in [0.2, 0.25) is 11.8 Å². The molecular formula is C35H39BrClN7O4. The van der Waals surface area contributed by atoms with Crippen LogP contribution in [0.1, 0.15) is 42.4 Å². The molecule has 48 heavy (non-hydrogen) atoms. The average molecular weight is 737 g/mol. The van der Waals surface area contributed by atoms with Crippen molar-refractivity contribution >= 4 is 56.2 Å². The Kier molecular flexibility index (Phi) is 9.21. The van der Waals surface area contributed by atoms with Crippen molar-refractivity contribution in [2.24, 2.45) is 5.92 Å². The molecule has 3 aliphatic rings. The molecule has 11 nitrogen and oxygen atoms in total. The van der Waals surface area contributed by atoms with Gasteiger partial charge in [0, 0.05) is 43.7 Å². The summed E-state index contributed by atoms with van der Waals surface area (Å²) in [5.41, 5.74) is 3.55. The monoisotopic (exact) mass is 735 g/mol. The Morgan fingerprint density at radius 1 is 1.00 bits per heavy atom. The number of anilines is 1. The largest absolute Gasteiger partial charge is 0.493 e. The number of amides is 2. The highest BCUT2D eigenvalue weighted by molar-refractivity contribution is 9.09. The number of aromatic nitrogens is 4. The number of halogens is 2. The number of fused-ring (bicyclic) bond motifs is 3. The van der Waals surface area contributed by atoms with Gasteiger partial charge in [-0.3, -0.25) is 9.59 Å². The van der Waals surface area contributed by atoms with Crippen molar-refractivity contribution in [1.29, 1.82) is 0 Å². The molecule has 1 saturated carbocycles. The van der Waals surface area contributed by atoms with Gasteiger partial charge >= 0.3 is 0 Å². The molecule has 0 atom stereocenters. The van der Waals surface area contributed by atoms with Crippen LogP contribution in [0.25, 0.3) is 11.0 Å². The van der Waals surface area contributed by atoms with E-state index < -0.39 is 5.54 Å². The fraction of sp³-hybridized carbons (Fsp3) is 0.457. The zero-order valence-corrected chi connectivity index (χ0v) is 29.5. The molecule has 2 aliphatic heterocycles. The van der Waals surface area contributed by atoms with Crippen molar-refractivity contribution in [1.82, 2.24) is 29.5 Å². The summed E-state index contributed by atoms with van der Waals surface area (Å²) in [4.78, 5) is 42.6. The molecule has 0 unspecified atom stereocenters. The van der Waals surface area contributed by atoms with E-state index in [-0.39, 0.29) is 23.1 Å². The molecule has 0 N–H and O–H groups in total. The molecule has 4 aromatic rings. The minimum absolute atomic E-state index is 0.0737. The third-order valence-electron chi connectivity index (χ3n) is 10.4. The number of nitrogens with zero attached hydrogens (tertiary/aromatic N) is 7. The number of benzene rings is 2. The third-order valence-corrected chi connectivity index (χ3v) is 11.2. The molecule has 13 heteroatoms. The first-order chi connectivity index (χ1) is 23.4. The average Bonchev–Trinajstić information content (AvgIpc) is 3.54. The maximum absolute atomic E-state index is 13.9. The van der Waals surface area contributed by atoms with Crippen LogP contribution in [0, 0.1) is 5.92 Å². The minimum atomic E-state index is -0.470. The standard InChI is InChI=1S/C35H39BrClN7O4/c1-47-29-17-24-9-12-43(31(45)19-36)35(27(24)18-30(29)48-2)10-7-23(8-11-35)34(46)42-15-13-41(14-16-42)32-26-20-40-44(33(26)39-22-38-32)21-25-5-3-4-6-28(25)37/h3-6,17-18,20,22-23H,7-16,19,21H2,1-2H3. The smallest absolute Gasteiger partial charge is 0.233 e. The summed E-state index contributed by atoms with van der Waals surface area (Å²) < 4.78 is 13.1. The Morgan fingerprint density at radius 2 is 1.73 bits per heavy atom. The van der Waals surface area contributed by atoms with E-state index in [1.165, 1.54) is 5.56 Å². The van der Waals surface area contributed by atoms with Crippen molar-refractivity contribution in [2.75, 3.05) is 57.2 Å². The summed E-state index contributed by atoms with van der Waals surface area (Å²) in [7, 11) is 3.28. The topological polar surface area (TPSA) is 106 Å². The van der Waals surface area contributed by atoms with Gasteiger partial charge < -0.3 is 24.2 Å². The van der Waals surface area contributed by atoms with Crippen LogP contribution in [0.15, 0.2) is 48.9 Å². The molecule has 7 rings (SSSR count). The summed E-state index contributed by atoms with van der Waals surface area (Å²) in [6, 6.07) is 11.8. The second-order valence-electron chi connectivity index (χ2n) is 12.7. The molecule has 0 bridgehead atoms. The summed E-state index contributed by atoms with van der Waals surface area (Å²) in [6.07, 6.45) is 7.03. The number of carbonyl (C=O) groups excluding carboxylic acids is 2. The van der Waals surface area contributed by atoms with Gasteiger partial charge in [-0.1, -0.05) is 45.7 Å². The van der Waals surface area contributed by atoms with E-state index in [0.29, 0.717) is 55.8 Å². The Morgan fingerprint density at radius 3 is 2.44 bits per heavy atom. The number of piperazine rings is 1. The molecule has 252 valence electrons. The van der Waals surface area contributed by atoms with Crippen LogP contribution in [0.5, 0.6) is 11.5 Å². The summed E-state index contributed by atoms with van der Waals surface area (Å²) in [5, 5.41) is 6.45. The SMILES string of the molecule is COc1cc2c(cc1OC)C1(CCC(C(=O)N3CCN(c4ncnc5c4cnn5Cc4ccccc4Cl)CC3)CC1)N(C(=O)CBr)CC2. The van der Waals surface area contributed by atoms with Gasteiger partial charge in [0.15, 0.2) is 17.1 Å². The first kappa shape index (κ1) is 32.6. The number of methoxy groups -OCH3 is 2. The number of hydrogen-bond donors (Lipinski definition) is 0. The zero-order chi connectivity index (χ0) is 33.4. The van der Waals surface area contributed by atoms with Crippen molar-refractivity contribution in [2.45, 2.75) is 44.2 Å². The Hall–Kier alpha value is -3.90. The fourth-order valence-electron chi connectivity index (χ4n) is 7.90. The number of ether oxygens (including phenoxy) is 2. The number of hydrogen-bond acceptors (Lipinski definition) is 8. The highest BCUT2D eigenvalue weighted by atomic mass is 79.9. The number of carbonyl (C=O) groups is 2. The van der Waals surface area contributed by atoms with Crippen LogP contribution in [0.4, 0.5) is 5.82 Å². The molecule has 2 amide bonds. The lowest BCUT2D eigenvalue weighted by molar-refractivity contribution is -0.142. The van der Waals surface area contributed by atoms with Gasteiger partial charge in [-0.15, -0.1) is 0 Å². The highest BCUT2D eigenvalue weighted by Crippen LogP contribution is 2.50. The first-order valence-electron chi connectivity index (χ1n) is 16.4. The third kappa shape index (κ3) is 5.76. The lowest BCUT2D eigenvalue weighted by Gasteiger charge is -2.52. The van der Waals surface area contributed by atoms with Crippen LogP contribution in [-0.2, 0) is 28.1 Å².